The van der Waals surface area contributed by atoms with Gasteiger partial charge in [-0.1, -0.05) is 0 Å². The molecule has 0 fully saturated rings. The standard InChI is InChI=1S/C13H18N6/c1-9-12(17-10(2)18-13(9)19-14)16-8-5-11-3-6-15-7-4-11/h3-4,6-7H,5,8,14H2,1-2H3,(H2,16,17,18,19). The highest BCUT2D eigenvalue weighted by Crippen LogP contribution is 2.18. The third kappa shape index (κ3) is 3.38. The third-order valence-corrected chi connectivity index (χ3v) is 2.85. The zero-order valence-electron chi connectivity index (χ0n) is 11.1. The van der Waals surface area contributed by atoms with Gasteiger partial charge < -0.3 is 10.7 Å². The molecular formula is C13H18N6. The molecule has 0 radical (unpaired) electrons. The molecule has 6 nitrogen and oxygen atoms in total. The number of rotatable bonds is 5. The van der Waals surface area contributed by atoms with E-state index in [1.54, 1.807) is 12.4 Å². The van der Waals surface area contributed by atoms with Crippen LogP contribution < -0.4 is 16.6 Å². The molecule has 0 amide bonds. The van der Waals surface area contributed by atoms with E-state index in [0.29, 0.717) is 11.6 Å². The van der Waals surface area contributed by atoms with Crippen molar-refractivity contribution >= 4 is 11.6 Å². The van der Waals surface area contributed by atoms with Crippen LogP contribution in [0.2, 0.25) is 0 Å². The van der Waals surface area contributed by atoms with Crippen LogP contribution in [0, 0.1) is 13.8 Å². The fourth-order valence-electron chi connectivity index (χ4n) is 1.82. The van der Waals surface area contributed by atoms with Gasteiger partial charge in [-0.3, -0.25) is 4.98 Å². The lowest BCUT2D eigenvalue weighted by molar-refractivity contribution is 0.965. The summed E-state index contributed by atoms with van der Waals surface area (Å²) >= 11 is 0. The van der Waals surface area contributed by atoms with E-state index in [2.05, 4.69) is 25.7 Å². The van der Waals surface area contributed by atoms with Gasteiger partial charge in [-0.15, -0.1) is 0 Å². The normalized spacial score (nSPS) is 10.3. The molecule has 0 atom stereocenters. The number of nitrogens with one attached hydrogen (secondary N) is 2. The van der Waals surface area contributed by atoms with Crippen molar-refractivity contribution in [3.05, 3.63) is 41.5 Å². The van der Waals surface area contributed by atoms with Crippen molar-refractivity contribution < 1.29 is 0 Å². The van der Waals surface area contributed by atoms with Crippen molar-refractivity contribution in [2.24, 2.45) is 5.84 Å². The number of hydrogen-bond donors (Lipinski definition) is 3. The lowest BCUT2D eigenvalue weighted by atomic mass is 10.2. The first-order chi connectivity index (χ1) is 9.20. The van der Waals surface area contributed by atoms with Gasteiger partial charge in [0.05, 0.1) is 0 Å². The minimum atomic E-state index is 0.652. The molecule has 0 saturated heterocycles. The predicted molar refractivity (Wildman–Crippen MR) is 75.7 cm³/mol. The maximum atomic E-state index is 5.43. The monoisotopic (exact) mass is 258 g/mol. The van der Waals surface area contributed by atoms with Gasteiger partial charge in [0.25, 0.3) is 0 Å². The molecule has 0 unspecified atom stereocenters. The van der Waals surface area contributed by atoms with E-state index in [0.717, 1.165) is 24.3 Å². The SMILES string of the molecule is Cc1nc(NN)c(C)c(NCCc2ccncc2)n1. The molecule has 0 aliphatic heterocycles. The van der Waals surface area contributed by atoms with Gasteiger partial charge in [-0.05, 0) is 38.0 Å². The molecule has 0 saturated carbocycles. The van der Waals surface area contributed by atoms with E-state index >= 15 is 0 Å². The van der Waals surface area contributed by atoms with Gasteiger partial charge in [-0.2, -0.15) is 0 Å². The summed E-state index contributed by atoms with van der Waals surface area (Å²) in [5, 5.41) is 3.31. The van der Waals surface area contributed by atoms with E-state index in [1.807, 2.05) is 26.0 Å². The van der Waals surface area contributed by atoms with Crippen LogP contribution in [0.15, 0.2) is 24.5 Å². The van der Waals surface area contributed by atoms with Crippen molar-refractivity contribution in [3.8, 4) is 0 Å². The Labute approximate surface area is 112 Å². The second-order valence-corrected chi connectivity index (χ2v) is 4.27. The number of aryl methyl sites for hydroxylation is 1. The van der Waals surface area contributed by atoms with Gasteiger partial charge >= 0.3 is 0 Å². The molecule has 19 heavy (non-hydrogen) atoms. The zero-order chi connectivity index (χ0) is 13.7. The maximum absolute atomic E-state index is 5.43. The van der Waals surface area contributed by atoms with Crippen LogP contribution in [0.1, 0.15) is 17.0 Å². The van der Waals surface area contributed by atoms with Crippen LogP contribution in [0.25, 0.3) is 0 Å². The Morgan fingerprint density at radius 3 is 2.47 bits per heavy atom. The fraction of sp³-hybridized carbons (Fsp3) is 0.308. The van der Waals surface area contributed by atoms with E-state index in [-0.39, 0.29) is 0 Å². The molecule has 0 spiro atoms. The number of nitrogens with two attached hydrogens (primary N) is 1. The first kappa shape index (κ1) is 13.2. The molecule has 0 aliphatic rings. The Bertz CT molecular complexity index is 540. The predicted octanol–water partition coefficient (Wildman–Crippen LogP) is 1.43. The lowest BCUT2D eigenvalue weighted by Crippen LogP contribution is -2.15. The van der Waals surface area contributed by atoms with Gasteiger partial charge in [0, 0.05) is 24.5 Å². The minimum absolute atomic E-state index is 0.652. The van der Waals surface area contributed by atoms with Crippen LogP contribution in [0.3, 0.4) is 0 Å². The van der Waals surface area contributed by atoms with Gasteiger partial charge in [0.1, 0.15) is 17.5 Å². The highest BCUT2D eigenvalue weighted by Gasteiger charge is 2.07. The number of nitrogens with zero attached hydrogens (tertiary/aromatic N) is 3. The molecule has 0 aromatic carbocycles. The van der Waals surface area contributed by atoms with Crippen molar-refractivity contribution in [1.82, 2.24) is 15.0 Å². The number of anilines is 2. The van der Waals surface area contributed by atoms with E-state index < -0.39 is 0 Å². The smallest absolute Gasteiger partial charge is 0.148 e. The van der Waals surface area contributed by atoms with Crippen molar-refractivity contribution in [1.29, 1.82) is 0 Å². The zero-order valence-corrected chi connectivity index (χ0v) is 11.1. The largest absolute Gasteiger partial charge is 0.369 e. The van der Waals surface area contributed by atoms with Crippen LogP contribution >= 0.6 is 0 Å². The Balaban J connectivity index is 2.02. The Hall–Kier alpha value is -2.21. The topological polar surface area (TPSA) is 88.8 Å². The highest BCUT2D eigenvalue weighted by atomic mass is 15.3. The molecule has 100 valence electrons. The molecule has 2 aromatic rings. The van der Waals surface area contributed by atoms with E-state index in [4.69, 9.17) is 5.84 Å². The summed E-state index contributed by atoms with van der Waals surface area (Å²) in [6, 6.07) is 4.01. The Kier molecular flexibility index (Phi) is 4.25. The first-order valence-electron chi connectivity index (χ1n) is 6.15. The molecule has 0 bridgehead atoms. The molecular weight excluding hydrogens is 240 g/mol. The average molecular weight is 258 g/mol. The Morgan fingerprint density at radius 1 is 1.11 bits per heavy atom. The number of nitrogen functional groups attached to an aromatic ring is 1. The summed E-state index contributed by atoms with van der Waals surface area (Å²) in [6.07, 6.45) is 4.51. The number of aromatic nitrogens is 3. The number of hydrogen-bond acceptors (Lipinski definition) is 6. The highest BCUT2D eigenvalue weighted by molar-refractivity contribution is 5.56. The second-order valence-electron chi connectivity index (χ2n) is 4.27. The first-order valence-corrected chi connectivity index (χ1v) is 6.15. The molecule has 2 rings (SSSR count). The summed E-state index contributed by atoms with van der Waals surface area (Å²) in [5.41, 5.74) is 4.74. The maximum Gasteiger partial charge on any atom is 0.148 e. The van der Waals surface area contributed by atoms with Gasteiger partial charge in [0.2, 0.25) is 0 Å². The molecule has 6 heteroatoms. The molecule has 4 N–H and O–H groups in total. The van der Waals surface area contributed by atoms with E-state index in [9.17, 15) is 0 Å². The second kappa shape index (κ2) is 6.10. The van der Waals surface area contributed by atoms with E-state index in [1.165, 1.54) is 5.56 Å². The van der Waals surface area contributed by atoms with Crippen LogP contribution in [-0.4, -0.2) is 21.5 Å². The summed E-state index contributed by atoms with van der Waals surface area (Å²) < 4.78 is 0. The molecule has 2 aromatic heterocycles. The minimum Gasteiger partial charge on any atom is -0.369 e. The lowest BCUT2D eigenvalue weighted by Gasteiger charge is -2.12. The Morgan fingerprint density at radius 2 is 1.79 bits per heavy atom. The van der Waals surface area contributed by atoms with Crippen molar-refractivity contribution in [2.45, 2.75) is 20.3 Å². The fourth-order valence-corrected chi connectivity index (χ4v) is 1.82. The van der Waals surface area contributed by atoms with Crippen molar-refractivity contribution in [2.75, 3.05) is 17.3 Å². The summed E-state index contributed by atoms with van der Waals surface area (Å²) in [7, 11) is 0. The van der Waals surface area contributed by atoms with Gasteiger partial charge in [0.15, 0.2) is 0 Å². The number of pyridine rings is 1. The summed E-state index contributed by atoms with van der Waals surface area (Å²) in [4.78, 5) is 12.6. The van der Waals surface area contributed by atoms with Crippen LogP contribution in [0.5, 0.6) is 0 Å². The quantitative estimate of drug-likeness (QED) is 0.555. The summed E-state index contributed by atoms with van der Waals surface area (Å²) in [5.74, 6) is 7.58. The number of hydrazine groups is 1. The van der Waals surface area contributed by atoms with Crippen molar-refractivity contribution in [3.63, 3.8) is 0 Å². The summed E-state index contributed by atoms with van der Waals surface area (Å²) in [6.45, 7) is 4.57. The average Bonchev–Trinajstić information content (AvgIpc) is 2.43. The van der Waals surface area contributed by atoms with Crippen LogP contribution in [0.4, 0.5) is 11.6 Å². The third-order valence-electron chi connectivity index (χ3n) is 2.85. The molecule has 0 aliphatic carbocycles. The van der Waals surface area contributed by atoms with Crippen LogP contribution in [-0.2, 0) is 6.42 Å². The molecule has 2 heterocycles. The van der Waals surface area contributed by atoms with Gasteiger partial charge in [-0.25, -0.2) is 15.8 Å².